The maximum Gasteiger partial charge on any atom is 0.306 e. The summed E-state index contributed by atoms with van der Waals surface area (Å²) in [6.07, 6.45) is 7.33. The third-order valence-electron chi connectivity index (χ3n) is 4.28. The van der Waals surface area contributed by atoms with Gasteiger partial charge in [-0.25, -0.2) is 0 Å². The van der Waals surface area contributed by atoms with Crippen molar-refractivity contribution in [2.45, 2.75) is 50.4 Å². The maximum atomic E-state index is 10.7. The van der Waals surface area contributed by atoms with Crippen molar-refractivity contribution in [1.82, 2.24) is 0 Å². The molecule has 1 fully saturated rings. The van der Waals surface area contributed by atoms with Crippen LogP contribution in [0.25, 0.3) is 0 Å². The second kappa shape index (κ2) is 10.1. The van der Waals surface area contributed by atoms with E-state index in [1.165, 1.54) is 32.1 Å². The molecular weight excluding hydrogens is 347 g/mol. The zero-order valence-electron chi connectivity index (χ0n) is 14.0. The largest absolute Gasteiger partial charge is 0.481 e. The third-order valence-corrected chi connectivity index (χ3v) is 6.61. The van der Waals surface area contributed by atoms with Gasteiger partial charge in [-0.05, 0) is 17.9 Å². The quantitative estimate of drug-likeness (QED) is 0.597. The molecule has 0 spiro atoms. The second-order valence-electron chi connectivity index (χ2n) is 6.33. The Labute approximate surface area is 146 Å². The first kappa shape index (κ1) is 21.1. The Bertz CT molecular complexity index is 597. The molecule has 1 saturated carbocycles. The molecule has 0 radical (unpaired) electrons. The molecule has 3 unspecified atom stereocenters. The smallest absolute Gasteiger partial charge is 0.306 e. The molecule has 0 bridgehead atoms. The summed E-state index contributed by atoms with van der Waals surface area (Å²) in [7, 11) is -1.91. The highest BCUT2D eigenvalue weighted by molar-refractivity contribution is 7.90. The van der Waals surface area contributed by atoms with Gasteiger partial charge in [-0.15, -0.1) is 9.24 Å². The number of carbonyl (C=O) groups is 1. The van der Waals surface area contributed by atoms with E-state index in [0.29, 0.717) is 11.5 Å². The fourth-order valence-corrected chi connectivity index (χ4v) is 3.56. The van der Waals surface area contributed by atoms with Gasteiger partial charge in [0.1, 0.15) is 4.99 Å². The summed E-state index contributed by atoms with van der Waals surface area (Å²) in [6, 6.07) is 8.51. The lowest BCUT2D eigenvalue weighted by atomic mass is 9.83. The van der Waals surface area contributed by atoms with Crippen LogP contribution in [0.15, 0.2) is 30.3 Å². The highest BCUT2D eigenvalue weighted by Crippen LogP contribution is 2.29. The van der Waals surface area contributed by atoms with E-state index in [0.717, 1.165) is 6.42 Å². The molecule has 136 valence electrons. The molecule has 2 rings (SSSR count). The second-order valence-corrected chi connectivity index (χ2v) is 9.01. The van der Waals surface area contributed by atoms with E-state index in [1.807, 2.05) is 6.92 Å². The van der Waals surface area contributed by atoms with Crippen molar-refractivity contribution in [1.29, 1.82) is 0 Å². The van der Waals surface area contributed by atoms with Crippen LogP contribution in [0.4, 0.5) is 0 Å². The highest BCUT2D eigenvalue weighted by Gasteiger charge is 2.20. The Morgan fingerprint density at radius 3 is 2.21 bits per heavy atom. The van der Waals surface area contributed by atoms with Crippen LogP contribution in [0, 0.1) is 11.8 Å². The van der Waals surface area contributed by atoms with Crippen LogP contribution >= 0.6 is 9.24 Å². The van der Waals surface area contributed by atoms with Gasteiger partial charge in [0.15, 0.2) is 0 Å². The van der Waals surface area contributed by atoms with Gasteiger partial charge in [0, 0.05) is 0 Å². The molecule has 0 amide bonds. The standard InChI is InChI=1S/C10H18O2.C7H9O3PS/c1-8(10(11)12)7-9-5-3-2-4-6-9;8-12(9,10)7(11)6-4-2-1-3-5-6/h8-9H,2-7H2,1H3,(H,11,12);1-5,7H,11H2,(H,8,9,10). The molecule has 0 saturated heterocycles. The van der Waals surface area contributed by atoms with Gasteiger partial charge < -0.3 is 5.11 Å². The number of aliphatic carboxylic acids is 1. The summed E-state index contributed by atoms with van der Waals surface area (Å²) in [5.41, 5.74) is 0.560. The lowest BCUT2D eigenvalue weighted by molar-refractivity contribution is -0.141. The van der Waals surface area contributed by atoms with Crippen molar-refractivity contribution >= 4 is 25.3 Å². The van der Waals surface area contributed by atoms with Crippen molar-refractivity contribution in [2.75, 3.05) is 0 Å². The number of carboxylic acids is 1. The Morgan fingerprint density at radius 1 is 1.21 bits per heavy atom. The molecule has 1 aromatic rings. The van der Waals surface area contributed by atoms with Crippen LogP contribution in [0.2, 0.25) is 0 Å². The topological polar surface area (TPSA) is 91.7 Å². The molecule has 2 N–H and O–H groups in total. The number of hydrogen-bond acceptors (Lipinski definition) is 3. The van der Waals surface area contributed by atoms with Crippen molar-refractivity contribution in [3.05, 3.63) is 35.9 Å². The summed E-state index contributed by atoms with van der Waals surface area (Å²) >= 11 is 0. The van der Waals surface area contributed by atoms with Crippen molar-refractivity contribution in [3.8, 4) is 0 Å². The van der Waals surface area contributed by atoms with E-state index >= 15 is 0 Å². The predicted octanol–water partition coefficient (Wildman–Crippen LogP) is 4.13. The molecule has 1 aromatic carbocycles. The predicted molar refractivity (Wildman–Crippen MR) is 98.4 cm³/mol. The van der Waals surface area contributed by atoms with Crippen molar-refractivity contribution in [3.63, 3.8) is 0 Å². The molecule has 0 aliphatic heterocycles. The molecule has 3 atom stereocenters. The van der Waals surface area contributed by atoms with Gasteiger partial charge >= 0.3 is 5.97 Å². The molecule has 5 nitrogen and oxygen atoms in total. The fourth-order valence-electron chi connectivity index (χ4n) is 2.84. The van der Waals surface area contributed by atoms with E-state index in [-0.39, 0.29) is 5.92 Å². The summed E-state index contributed by atoms with van der Waals surface area (Å²) in [6.45, 7) is 1.82. The van der Waals surface area contributed by atoms with Crippen molar-refractivity contribution < 1.29 is 22.9 Å². The first-order valence-corrected chi connectivity index (χ1v) is 10.4. The zero-order chi connectivity index (χ0) is 18.2. The molecule has 1 aliphatic carbocycles. The number of carboxylic acid groups (broad SMARTS) is 1. The van der Waals surface area contributed by atoms with Crippen LogP contribution in [0.5, 0.6) is 0 Å². The average Bonchev–Trinajstić information content (AvgIpc) is 2.55. The third kappa shape index (κ3) is 7.73. The SMILES string of the molecule is CC(CC1CCCCC1)C(=O)O.O=S(=O)(O)C(P)c1ccccc1. The summed E-state index contributed by atoms with van der Waals surface area (Å²) in [5, 5.41) is 8.71. The first-order chi connectivity index (χ1) is 11.2. The van der Waals surface area contributed by atoms with Gasteiger partial charge in [0.25, 0.3) is 10.1 Å². The van der Waals surface area contributed by atoms with Gasteiger partial charge in [-0.2, -0.15) is 8.42 Å². The van der Waals surface area contributed by atoms with Crippen LogP contribution in [0.3, 0.4) is 0 Å². The normalized spacial score (nSPS) is 18.1. The molecule has 0 heterocycles. The minimum atomic E-state index is -3.99. The maximum absolute atomic E-state index is 10.7. The monoisotopic (exact) mass is 374 g/mol. The van der Waals surface area contributed by atoms with Crippen molar-refractivity contribution in [2.24, 2.45) is 11.8 Å². The summed E-state index contributed by atoms with van der Waals surface area (Å²) in [4.78, 5) is 9.64. The molecular formula is C17H27O5PS. The molecule has 7 heteroatoms. The fraction of sp³-hybridized carbons (Fsp3) is 0.588. The molecule has 1 aliphatic rings. The number of benzene rings is 1. The Kier molecular flexibility index (Phi) is 8.88. The van der Waals surface area contributed by atoms with E-state index in [1.54, 1.807) is 30.3 Å². The lowest BCUT2D eigenvalue weighted by Crippen LogP contribution is -2.16. The van der Waals surface area contributed by atoms with Gasteiger partial charge in [-0.3, -0.25) is 9.35 Å². The minimum Gasteiger partial charge on any atom is -0.481 e. The molecule has 24 heavy (non-hydrogen) atoms. The number of hydrogen-bond donors (Lipinski definition) is 2. The van der Waals surface area contributed by atoms with E-state index in [2.05, 4.69) is 9.24 Å². The number of rotatable bonds is 5. The van der Waals surface area contributed by atoms with E-state index in [9.17, 15) is 13.2 Å². The van der Waals surface area contributed by atoms with Gasteiger partial charge in [-0.1, -0.05) is 69.4 Å². The van der Waals surface area contributed by atoms with Gasteiger partial charge in [0.05, 0.1) is 5.92 Å². The van der Waals surface area contributed by atoms with E-state index in [4.69, 9.17) is 9.66 Å². The average molecular weight is 374 g/mol. The van der Waals surface area contributed by atoms with Crippen LogP contribution in [-0.2, 0) is 14.9 Å². The Morgan fingerprint density at radius 2 is 1.75 bits per heavy atom. The summed E-state index contributed by atoms with van der Waals surface area (Å²) < 4.78 is 30.0. The van der Waals surface area contributed by atoms with Crippen LogP contribution in [-0.4, -0.2) is 24.0 Å². The highest BCUT2D eigenvalue weighted by atomic mass is 32.2. The van der Waals surface area contributed by atoms with Gasteiger partial charge in [0.2, 0.25) is 0 Å². The van der Waals surface area contributed by atoms with E-state index < -0.39 is 21.1 Å². The lowest BCUT2D eigenvalue weighted by Gasteiger charge is -2.22. The Hall–Kier alpha value is -0.970. The van der Waals surface area contributed by atoms with Crippen LogP contribution in [0.1, 0.15) is 56.0 Å². The molecule has 0 aromatic heterocycles. The Balaban J connectivity index is 0.000000240. The summed E-state index contributed by atoms with van der Waals surface area (Å²) in [5.74, 6) is -0.0986. The first-order valence-electron chi connectivity index (χ1n) is 8.21. The minimum absolute atomic E-state index is 0.145. The zero-order valence-corrected chi connectivity index (χ0v) is 15.9. The van der Waals surface area contributed by atoms with Crippen LogP contribution < -0.4 is 0 Å².